The Morgan fingerprint density at radius 1 is 1.14 bits per heavy atom. The van der Waals surface area contributed by atoms with Gasteiger partial charge in [-0.3, -0.25) is 0 Å². The first-order valence-electron chi connectivity index (χ1n) is 15.1. The van der Waals surface area contributed by atoms with Gasteiger partial charge in [-0.05, 0) is 87.5 Å². The number of nitrogens with zero attached hydrogens (tertiary/aromatic N) is 4. The lowest BCUT2D eigenvalue weighted by atomic mass is 10.0. The van der Waals surface area contributed by atoms with Crippen molar-refractivity contribution in [1.29, 1.82) is 5.26 Å². The molecule has 0 aliphatic heterocycles. The molecule has 0 N–H and O–H groups in total. The van der Waals surface area contributed by atoms with Gasteiger partial charge in [-0.15, -0.1) is 4.31 Å². The normalized spacial score (nSPS) is 16.3. The molecular formula is C33H46N4O4SSi. The third kappa shape index (κ3) is 7.35. The Bertz CT molecular complexity index is 1450. The lowest BCUT2D eigenvalue weighted by molar-refractivity contribution is 0.223. The number of aromatic nitrogens is 2. The molecular weight excluding hydrogens is 577 g/mol. The Kier molecular flexibility index (Phi) is 10.1. The minimum Gasteiger partial charge on any atom is -0.597 e. The van der Waals surface area contributed by atoms with E-state index in [1.807, 2.05) is 45.9 Å². The molecule has 0 saturated carbocycles. The van der Waals surface area contributed by atoms with Crippen molar-refractivity contribution >= 4 is 19.7 Å². The molecule has 1 aliphatic carbocycles. The zero-order valence-corrected chi connectivity index (χ0v) is 28.9. The molecule has 0 bridgehead atoms. The second-order valence-electron chi connectivity index (χ2n) is 13.6. The summed E-state index contributed by atoms with van der Waals surface area (Å²) in [5, 5.41) is 14.1. The van der Waals surface area contributed by atoms with Crippen LogP contribution in [0.15, 0.2) is 40.9 Å². The summed E-state index contributed by atoms with van der Waals surface area (Å²) >= 11 is -1.22. The van der Waals surface area contributed by atoms with E-state index in [4.69, 9.17) is 18.7 Å². The number of nitriles is 1. The summed E-state index contributed by atoms with van der Waals surface area (Å²) in [7, 11) is -1.94. The average Bonchev–Trinajstić information content (AvgIpc) is 3.60. The Morgan fingerprint density at radius 2 is 1.88 bits per heavy atom. The third-order valence-electron chi connectivity index (χ3n) is 8.38. The summed E-state index contributed by atoms with van der Waals surface area (Å²) in [5.74, 6) is 1.40. The highest BCUT2D eigenvalue weighted by Crippen LogP contribution is 2.43. The first-order valence-corrected chi connectivity index (χ1v) is 19.1. The van der Waals surface area contributed by atoms with Crippen LogP contribution in [0.2, 0.25) is 18.1 Å². The molecule has 232 valence electrons. The van der Waals surface area contributed by atoms with Crippen LogP contribution in [0.1, 0.15) is 84.0 Å². The van der Waals surface area contributed by atoms with Crippen molar-refractivity contribution in [2.45, 2.75) is 96.6 Å². The molecule has 1 unspecified atom stereocenters. The first-order chi connectivity index (χ1) is 20.2. The third-order valence-corrected chi connectivity index (χ3v) is 14.8. The first kappa shape index (κ1) is 33.2. The van der Waals surface area contributed by atoms with E-state index < -0.39 is 24.4 Å². The summed E-state index contributed by atoms with van der Waals surface area (Å²) in [4.78, 5) is 4.72. The van der Waals surface area contributed by atoms with Crippen molar-refractivity contribution in [2.24, 2.45) is 0 Å². The summed E-state index contributed by atoms with van der Waals surface area (Å²) < 4.78 is 33.5. The Morgan fingerprint density at radius 3 is 2.53 bits per heavy atom. The Labute approximate surface area is 261 Å². The number of hydrogen-bond acceptors (Lipinski definition) is 8. The van der Waals surface area contributed by atoms with Crippen molar-refractivity contribution in [3.05, 3.63) is 53.1 Å². The van der Waals surface area contributed by atoms with E-state index in [1.54, 1.807) is 12.1 Å². The van der Waals surface area contributed by atoms with Crippen molar-refractivity contribution in [3.8, 4) is 34.7 Å². The Hall–Kier alpha value is -2.68. The molecule has 10 heteroatoms. The molecule has 8 nitrogen and oxygen atoms in total. The number of benzene rings is 2. The van der Waals surface area contributed by atoms with Gasteiger partial charge in [0.1, 0.15) is 16.6 Å². The fraction of sp³-hybridized carbons (Fsp3) is 0.545. The van der Waals surface area contributed by atoms with E-state index in [-0.39, 0.29) is 11.1 Å². The fourth-order valence-electron chi connectivity index (χ4n) is 4.99. The van der Waals surface area contributed by atoms with Gasteiger partial charge in [0.15, 0.2) is 8.32 Å². The number of ether oxygens (including phenoxy) is 1. The van der Waals surface area contributed by atoms with Crippen LogP contribution < -0.4 is 4.74 Å². The lowest BCUT2D eigenvalue weighted by Crippen LogP contribution is -2.48. The quantitative estimate of drug-likeness (QED) is 0.157. The molecule has 43 heavy (non-hydrogen) atoms. The van der Waals surface area contributed by atoms with E-state index in [1.165, 1.54) is 0 Å². The minimum atomic E-state index is -1.94. The largest absolute Gasteiger partial charge is 0.597 e. The second kappa shape index (κ2) is 13.1. The molecule has 2 atom stereocenters. The monoisotopic (exact) mass is 622 g/mol. The van der Waals surface area contributed by atoms with Crippen LogP contribution in [0.25, 0.3) is 22.8 Å². The van der Waals surface area contributed by atoms with Crippen LogP contribution in [-0.4, -0.2) is 51.8 Å². The maximum atomic E-state index is 13.9. The average molecular weight is 623 g/mol. The summed E-state index contributed by atoms with van der Waals surface area (Å²) in [6.45, 7) is 21.0. The molecule has 1 aromatic heterocycles. The summed E-state index contributed by atoms with van der Waals surface area (Å²) in [6, 6.07) is 13.7. The van der Waals surface area contributed by atoms with Crippen LogP contribution in [-0.2, 0) is 22.2 Å². The standard InChI is InChI=1S/C33H46N4O4SSi/c1-10-19-39-29-17-14-23(21-24(29)22-34)31-35-30(36-41-31)27-13-11-12-26-25(27)15-16-28(26)37(42(38)32(2,3)4)18-20-40-43(8,9)33(5,6)7/h11-14,17,21,28H,10,15-16,18-20H2,1-9H3/t28-,42?/m0/s1. The number of fused-ring (bicyclic) bond motifs is 1. The van der Waals surface area contributed by atoms with Gasteiger partial charge in [-0.2, -0.15) is 10.2 Å². The van der Waals surface area contributed by atoms with Crippen LogP contribution >= 0.6 is 0 Å². The Balaban J connectivity index is 1.61. The van der Waals surface area contributed by atoms with Gasteiger partial charge in [0.25, 0.3) is 5.89 Å². The van der Waals surface area contributed by atoms with Gasteiger partial charge in [-0.25, -0.2) is 0 Å². The minimum absolute atomic E-state index is 0.00162. The molecule has 4 rings (SSSR count). The van der Waals surface area contributed by atoms with Gasteiger partial charge < -0.3 is 18.2 Å². The van der Waals surface area contributed by atoms with Gasteiger partial charge >= 0.3 is 0 Å². The molecule has 0 radical (unpaired) electrons. The van der Waals surface area contributed by atoms with Crippen LogP contribution in [0.4, 0.5) is 0 Å². The number of hydrogen-bond donors (Lipinski definition) is 0. The highest BCUT2D eigenvalue weighted by Gasteiger charge is 2.43. The van der Waals surface area contributed by atoms with Crippen molar-refractivity contribution in [2.75, 3.05) is 19.8 Å². The predicted octanol–water partition coefficient (Wildman–Crippen LogP) is 7.84. The van der Waals surface area contributed by atoms with Gasteiger partial charge in [-0.1, -0.05) is 51.1 Å². The maximum Gasteiger partial charge on any atom is 0.258 e. The zero-order chi connectivity index (χ0) is 31.6. The molecule has 0 saturated heterocycles. The van der Waals surface area contributed by atoms with Gasteiger partial charge in [0.2, 0.25) is 5.82 Å². The summed E-state index contributed by atoms with van der Waals surface area (Å²) in [5.41, 5.74) is 4.31. The van der Waals surface area contributed by atoms with E-state index in [9.17, 15) is 9.81 Å². The second-order valence-corrected chi connectivity index (χ2v) is 20.6. The molecule has 0 spiro atoms. The van der Waals surface area contributed by atoms with Crippen molar-refractivity contribution < 1.29 is 18.2 Å². The molecule has 3 aromatic rings. The van der Waals surface area contributed by atoms with Crippen LogP contribution in [0.5, 0.6) is 5.75 Å². The van der Waals surface area contributed by atoms with Crippen LogP contribution in [0, 0.1) is 11.3 Å². The lowest BCUT2D eigenvalue weighted by Gasteiger charge is -2.39. The summed E-state index contributed by atoms with van der Waals surface area (Å²) in [6.07, 6.45) is 2.53. The highest BCUT2D eigenvalue weighted by atomic mass is 32.2. The van der Waals surface area contributed by atoms with E-state index in [0.29, 0.717) is 48.4 Å². The zero-order valence-electron chi connectivity index (χ0n) is 27.1. The smallest absolute Gasteiger partial charge is 0.258 e. The van der Waals surface area contributed by atoms with E-state index in [0.717, 1.165) is 36.0 Å². The van der Waals surface area contributed by atoms with Gasteiger partial charge in [0.05, 0.1) is 31.4 Å². The predicted molar refractivity (Wildman–Crippen MR) is 174 cm³/mol. The van der Waals surface area contributed by atoms with Gasteiger partial charge in [0, 0.05) is 22.5 Å². The molecule has 1 heterocycles. The fourth-order valence-corrected chi connectivity index (χ4v) is 7.42. The van der Waals surface area contributed by atoms with Crippen molar-refractivity contribution in [3.63, 3.8) is 0 Å². The van der Waals surface area contributed by atoms with E-state index >= 15 is 0 Å². The molecule has 1 aliphatic rings. The number of rotatable bonds is 11. The van der Waals surface area contributed by atoms with E-state index in [2.05, 4.69) is 55.5 Å². The van der Waals surface area contributed by atoms with Crippen molar-refractivity contribution in [1.82, 2.24) is 14.4 Å². The SMILES string of the molecule is CCCOc1ccc(-c2nc(-c3cccc4c3CC[C@@H]4N(CCO[Si](C)(C)C(C)(C)C)[S+]([O-])C(C)(C)C)no2)cc1C#N. The molecule has 2 aromatic carbocycles. The van der Waals surface area contributed by atoms with Crippen LogP contribution in [0.3, 0.4) is 0 Å². The maximum absolute atomic E-state index is 13.9. The molecule has 0 fully saturated rings. The molecule has 0 amide bonds. The topological polar surface area (TPSA) is 107 Å². The highest BCUT2D eigenvalue weighted by molar-refractivity contribution is 7.90.